The van der Waals surface area contributed by atoms with Gasteiger partial charge in [0.1, 0.15) is 5.69 Å². The molecule has 0 spiro atoms. The maximum Gasteiger partial charge on any atom is 0.292 e. The van der Waals surface area contributed by atoms with Gasteiger partial charge >= 0.3 is 0 Å². The molecule has 6 nitrogen and oxygen atoms in total. The lowest BCUT2D eigenvalue weighted by Crippen LogP contribution is -2.46. The highest BCUT2D eigenvalue weighted by Gasteiger charge is 2.23. The monoisotopic (exact) mass is 322 g/mol. The Morgan fingerprint density at radius 1 is 1.04 bits per heavy atom. The summed E-state index contributed by atoms with van der Waals surface area (Å²) < 4.78 is 0. The van der Waals surface area contributed by atoms with Crippen molar-refractivity contribution in [1.29, 1.82) is 5.26 Å². The zero-order chi connectivity index (χ0) is 16.9. The summed E-state index contributed by atoms with van der Waals surface area (Å²) in [4.78, 5) is 15.2. The summed E-state index contributed by atoms with van der Waals surface area (Å²) in [5, 5.41) is 20.4. The number of rotatable bonds is 4. The molecule has 0 bridgehead atoms. The zero-order valence-electron chi connectivity index (χ0n) is 13.3. The van der Waals surface area contributed by atoms with E-state index >= 15 is 0 Å². The minimum Gasteiger partial charge on any atom is -0.363 e. The number of nitro groups is 1. The van der Waals surface area contributed by atoms with Crippen molar-refractivity contribution in [2.75, 3.05) is 31.1 Å². The minimum atomic E-state index is -0.329. The molecule has 0 amide bonds. The minimum absolute atomic E-state index is 0.153. The summed E-state index contributed by atoms with van der Waals surface area (Å²) in [5.74, 6) is 0. The SMILES string of the molecule is N#Cc1ccccc1CN1CCN(c2ccccc2[N+](=O)[O-])CC1. The number of piperazine rings is 1. The Morgan fingerprint density at radius 2 is 1.71 bits per heavy atom. The summed E-state index contributed by atoms with van der Waals surface area (Å²) in [5.41, 5.74) is 2.57. The third kappa shape index (κ3) is 3.36. The first-order chi connectivity index (χ1) is 11.7. The van der Waals surface area contributed by atoms with E-state index in [0.29, 0.717) is 11.3 Å². The highest BCUT2D eigenvalue weighted by molar-refractivity contribution is 5.63. The highest BCUT2D eigenvalue weighted by Crippen LogP contribution is 2.28. The van der Waals surface area contributed by atoms with Gasteiger partial charge in [0.15, 0.2) is 0 Å². The normalized spacial score (nSPS) is 15.0. The molecule has 0 saturated carbocycles. The second-order valence-electron chi connectivity index (χ2n) is 5.78. The van der Waals surface area contributed by atoms with Crippen molar-refractivity contribution >= 4 is 11.4 Å². The number of para-hydroxylation sites is 2. The number of benzene rings is 2. The van der Waals surface area contributed by atoms with Crippen LogP contribution in [0.2, 0.25) is 0 Å². The van der Waals surface area contributed by atoms with Crippen molar-refractivity contribution in [3.8, 4) is 6.07 Å². The molecule has 0 unspecified atom stereocenters. The maximum absolute atomic E-state index is 11.2. The van der Waals surface area contributed by atoms with Crippen LogP contribution in [0, 0.1) is 21.4 Å². The molecule has 0 aromatic heterocycles. The maximum atomic E-state index is 11.2. The molecule has 1 saturated heterocycles. The lowest BCUT2D eigenvalue weighted by molar-refractivity contribution is -0.384. The lowest BCUT2D eigenvalue weighted by Gasteiger charge is -2.35. The molecule has 3 rings (SSSR count). The first-order valence-electron chi connectivity index (χ1n) is 7.88. The van der Waals surface area contributed by atoms with Gasteiger partial charge in [0.05, 0.1) is 16.6 Å². The van der Waals surface area contributed by atoms with Gasteiger partial charge in [0.25, 0.3) is 5.69 Å². The lowest BCUT2D eigenvalue weighted by atomic mass is 10.1. The smallest absolute Gasteiger partial charge is 0.292 e. The van der Waals surface area contributed by atoms with Gasteiger partial charge < -0.3 is 4.90 Å². The van der Waals surface area contributed by atoms with Crippen LogP contribution in [0.3, 0.4) is 0 Å². The van der Waals surface area contributed by atoms with E-state index in [2.05, 4.69) is 15.9 Å². The molecular formula is C18H18N4O2. The first kappa shape index (κ1) is 16.0. The van der Waals surface area contributed by atoms with Gasteiger partial charge in [-0.25, -0.2) is 0 Å². The Balaban J connectivity index is 1.67. The molecule has 1 heterocycles. The van der Waals surface area contributed by atoms with Gasteiger partial charge in [-0.2, -0.15) is 5.26 Å². The van der Waals surface area contributed by atoms with E-state index in [9.17, 15) is 15.4 Å². The van der Waals surface area contributed by atoms with E-state index in [1.165, 1.54) is 0 Å². The van der Waals surface area contributed by atoms with Gasteiger partial charge in [0, 0.05) is 38.8 Å². The van der Waals surface area contributed by atoms with Crippen molar-refractivity contribution < 1.29 is 4.92 Å². The third-order valence-electron chi connectivity index (χ3n) is 4.32. The number of nitro benzene ring substituents is 1. The molecule has 0 atom stereocenters. The molecular weight excluding hydrogens is 304 g/mol. The largest absolute Gasteiger partial charge is 0.363 e. The van der Waals surface area contributed by atoms with Gasteiger partial charge in [-0.1, -0.05) is 30.3 Å². The van der Waals surface area contributed by atoms with Crippen LogP contribution in [0.4, 0.5) is 11.4 Å². The summed E-state index contributed by atoms with van der Waals surface area (Å²) in [7, 11) is 0. The quantitative estimate of drug-likeness (QED) is 0.639. The third-order valence-corrected chi connectivity index (χ3v) is 4.32. The molecule has 24 heavy (non-hydrogen) atoms. The van der Waals surface area contributed by atoms with Crippen molar-refractivity contribution in [2.45, 2.75) is 6.54 Å². The fraction of sp³-hybridized carbons (Fsp3) is 0.278. The number of hydrogen-bond acceptors (Lipinski definition) is 5. The number of hydrogen-bond donors (Lipinski definition) is 0. The molecule has 0 N–H and O–H groups in total. The fourth-order valence-electron chi connectivity index (χ4n) is 3.04. The van der Waals surface area contributed by atoms with E-state index in [4.69, 9.17) is 0 Å². The molecule has 1 aliphatic rings. The number of nitrogens with zero attached hydrogens (tertiary/aromatic N) is 4. The van der Waals surface area contributed by atoms with E-state index in [0.717, 1.165) is 38.3 Å². The first-order valence-corrected chi connectivity index (χ1v) is 7.88. The Morgan fingerprint density at radius 3 is 2.42 bits per heavy atom. The van der Waals surface area contributed by atoms with Crippen molar-refractivity contribution in [3.63, 3.8) is 0 Å². The molecule has 2 aromatic rings. The summed E-state index contributed by atoms with van der Waals surface area (Å²) in [6.45, 7) is 3.82. The zero-order valence-corrected chi connectivity index (χ0v) is 13.3. The standard InChI is InChI=1S/C18H18N4O2/c19-13-15-5-1-2-6-16(15)14-20-9-11-21(12-10-20)17-7-3-4-8-18(17)22(23)24/h1-8H,9-12,14H2. The van der Waals surface area contributed by atoms with Crippen LogP contribution in [0.5, 0.6) is 0 Å². The number of anilines is 1. The van der Waals surface area contributed by atoms with Crippen LogP contribution >= 0.6 is 0 Å². The average molecular weight is 322 g/mol. The molecule has 2 aromatic carbocycles. The Hall–Kier alpha value is -2.91. The van der Waals surface area contributed by atoms with Crippen molar-refractivity contribution in [2.24, 2.45) is 0 Å². The van der Waals surface area contributed by atoms with Crippen LogP contribution < -0.4 is 4.90 Å². The molecule has 122 valence electrons. The van der Waals surface area contributed by atoms with Crippen LogP contribution in [0.15, 0.2) is 48.5 Å². The van der Waals surface area contributed by atoms with Gasteiger partial charge in [-0.05, 0) is 17.7 Å². The van der Waals surface area contributed by atoms with Gasteiger partial charge in [0.2, 0.25) is 0 Å². The highest BCUT2D eigenvalue weighted by atomic mass is 16.6. The Kier molecular flexibility index (Phi) is 4.73. The van der Waals surface area contributed by atoms with Crippen LogP contribution in [-0.2, 0) is 6.54 Å². The molecule has 0 radical (unpaired) electrons. The van der Waals surface area contributed by atoms with Crippen LogP contribution in [0.1, 0.15) is 11.1 Å². The fourth-order valence-corrected chi connectivity index (χ4v) is 3.04. The molecule has 1 fully saturated rings. The van der Waals surface area contributed by atoms with E-state index in [1.54, 1.807) is 18.2 Å². The van der Waals surface area contributed by atoms with Gasteiger partial charge in [-0.15, -0.1) is 0 Å². The van der Waals surface area contributed by atoms with Crippen LogP contribution in [-0.4, -0.2) is 36.0 Å². The summed E-state index contributed by atoms with van der Waals surface area (Å²) in [6, 6.07) is 16.7. The van der Waals surface area contributed by atoms with E-state index in [1.807, 2.05) is 30.3 Å². The second-order valence-corrected chi connectivity index (χ2v) is 5.78. The van der Waals surface area contributed by atoms with Crippen LogP contribution in [0.25, 0.3) is 0 Å². The number of nitriles is 1. The topological polar surface area (TPSA) is 73.4 Å². The average Bonchev–Trinajstić information content (AvgIpc) is 2.63. The molecule has 1 aliphatic heterocycles. The van der Waals surface area contributed by atoms with E-state index in [-0.39, 0.29) is 10.6 Å². The second kappa shape index (κ2) is 7.11. The van der Waals surface area contributed by atoms with Crippen molar-refractivity contribution in [1.82, 2.24) is 4.90 Å². The Bertz CT molecular complexity index is 777. The summed E-state index contributed by atoms with van der Waals surface area (Å²) >= 11 is 0. The van der Waals surface area contributed by atoms with Crippen molar-refractivity contribution in [3.05, 3.63) is 69.8 Å². The molecule has 6 heteroatoms. The Labute approximate surface area is 140 Å². The van der Waals surface area contributed by atoms with Gasteiger partial charge in [-0.3, -0.25) is 15.0 Å². The van der Waals surface area contributed by atoms with E-state index < -0.39 is 0 Å². The predicted octanol–water partition coefficient (Wildman–Crippen LogP) is 2.79. The summed E-state index contributed by atoms with van der Waals surface area (Å²) in [6.07, 6.45) is 0. The predicted molar refractivity (Wildman–Crippen MR) is 91.7 cm³/mol. The molecule has 0 aliphatic carbocycles.